The molecule has 7 nitrogen and oxygen atoms in total. The monoisotopic (exact) mass is 456 g/mol. The van der Waals surface area contributed by atoms with Gasteiger partial charge in [0, 0.05) is 29.4 Å². The van der Waals surface area contributed by atoms with Gasteiger partial charge in [-0.25, -0.2) is 0 Å². The van der Waals surface area contributed by atoms with E-state index in [1.54, 1.807) is 48.5 Å². The second kappa shape index (κ2) is 9.89. The molecule has 0 bridgehead atoms. The average Bonchev–Trinajstić information content (AvgIpc) is 3.27. The number of aromatic nitrogens is 2. The van der Waals surface area contributed by atoms with Gasteiger partial charge in [-0.05, 0) is 61.7 Å². The van der Waals surface area contributed by atoms with Gasteiger partial charge in [-0.1, -0.05) is 29.0 Å². The first-order valence-corrected chi connectivity index (χ1v) is 11.2. The van der Waals surface area contributed by atoms with Crippen LogP contribution in [0.2, 0.25) is 5.02 Å². The SMILES string of the molecule is O=C(Nc1cccc(Cl)c1)c1nnc(COc2ccc(C(=O)N3CCCCC3)cc2)s1. The minimum absolute atomic E-state index is 0.0609. The maximum atomic E-state index is 12.5. The molecular weight excluding hydrogens is 436 g/mol. The summed E-state index contributed by atoms with van der Waals surface area (Å²) >= 11 is 7.09. The number of nitrogens with one attached hydrogen (secondary N) is 1. The second-order valence-corrected chi connectivity index (χ2v) is 8.63. The first-order valence-electron chi connectivity index (χ1n) is 10.00. The Hall–Kier alpha value is -2.97. The first kappa shape index (κ1) is 21.3. The van der Waals surface area contributed by atoms with E-state index in [1.165, 1.54) is 6.42 Å². The predicted molar refractivity (Wildman–Crippen MR) is 120 cm³/mol. The van der Waals surface area contributed by atoms with E-state index < -0.39 is 0 Å². The van der Waals surface area contributed by atoms with Crippen LogP contribution >= 0.6 is 22.9 Å². The quantitative estimate of drug-likeness (QED) is 0.583. The van der Waals surface area contributed by atoms with E-state index in [1.807, 2.05) is 4.90 Å². The molecule has 1 aromatic heterocycles. The van der Waals surface area contributed by atoms with Crippen LogP contribution in [0.1, 0.15) is 44.4 Å². The van der Waals surface area contributed by atoms with Gasteiger partial charge in [0.2, 0.25) is 5.01 Å². The molecular formula is C22H21ClN4O3S. The van der Waals surface area contributed by atoms with E-state index in [2.05, 4.69) is 15.5 Å². The van der Waals surface area contributed by atoms with Crippen molar-refractivity contribution in [2.24, 2.45) is 0 Å². The van der Waals surface area contributed by atoms with Crippen molar-refractivity contribution in [2.75, 3.05) is 18.4 Å². The molecule has 2 heterocycles. The van der Waals surface area contributed by atoms with Crippen molar-refractivity contribution in [3.8, 4) is 5.75 Å². The molecule has 1 aliphatic rings. The molecule has 1 fully saturated rings. The van der Waals surface area contributed by atoms with Crippen LogP contribution in [-0.2, 0) is 6.61 Å². The summed E-state index contributed by atoms with van der Waals surface area (Å²) in [5.74, 6) is 0.327. The van der Waals surface area contributed by atoms with E-state index in [0.29, 0.717) is 27.0 Å². The van der Waals surface area contributed by atoms with E-state index in [0.717, 1.165) is 37.3 Å². The molecule has 31 heavy (non-hydrogen) atoms. The molecule has 0 spiro atoms. The minimum atomic E-state index is -0.355. The molecule has 1 N–H and O–H groups in total. The number of hydrogen-bond acceptors (Lipinski definition) is 6. The summed E-state index contributed by atoms with van der Waals surface area (Å²) in [4.78, 5) is 26.8. The Morgan fingerprint density at radius 3 is 2.58 bits per heavy atom. The Labute approximate surface area is 189 Å². The number of amides is 2. The molecule has 2 amide bonds. The Bertz CT molecular complexity index is 1060. The number of ether oxygens (including phenoxy) is 1. The molecule has 3 aromatic rings. The highest BCUT2D eigenvalue weighted by Gasteiger charge is 2.18. The third-order valence-corrected chi connectivity index (χ3v) is 5.98. The number of piperidine rings is 1. The Balaban J connectivity index is 1.31. The minimum Gasteiger partial charge on any atom is -0.486 e. The molecule has 2 aromatic carbocycles. The summed E-state index contributed by atoms with van der Waals surface area (Å²) in [6.45, 7) is 1.82. The van der Waals surface area contributed by atoms with Crippen LogP contribution in [0.4, 0.5) is 5.69 Å². The standard InChI is InChI=1S/C22H21ClN4O3S/c23-16-5-4-6-17(13-16)24-20(28)21-26-25-19(31-21)14-30-18-9-7-15(8-10-18)22(29)27-11-2-1-3-12-27/h4-10,13H,1-3,11-12,14H2,(H,24,28). The lowest BCUT2D eigenvalue weighted by atomic mass is 10.1. The first-order chi connectivity index (χ1) is 15.1. The lowest BCUT2D eigenvalue weighted by Gasteiger charge is -2.26. The highest BCUT2D eigenvalue weighted by atomic mass is 35.5. The second-order valence-electron chi connectivity index (χ2n) is 7.13. The number of nitrogens with zero attached hydrogens (tertiary/aromatic N) is 3. The van der Waals surface area contributed by atoms with Crippen molar-refractivity contribution in [1.29, 1.82) is 0 Å². The van der Waals surface area contributed by atoms with Crippen molar-refractivity contribution in [1.82, 2.24) is 15.1 Å². The van der Waals surface area contributed by atoms with Crippen LogP contribution < -0.4 is 10.1 Å². The average molecular weight is 457 g/mol. The number of carbonyl (C=O) groups is 2. The van der Waals surface area contributed by atoms with Crippen molar-refractivity contribution in [3.05, 3.63) is 69.1 Å². The lowest BCUT2D eigenvalue weighted by Crippen LogP contribution is -2.35. The predicted octanol–water partition coefficient (Wildman–Crippen LogP) is 4.65. The maximum absolute atomic E-state index is 12.5. The molecule has 1 saturated heterocycles. The molecule has 0 saturated carbocycles. The topological polar surface area (TPSA) is 84.4 Å². The molecule has 9 heteroatoms. The van der Waals surface area contributed by atoms with Crippen LogP contribution in [0.3, 0.4) is 0 Å². The number of anilines is 1. The third kappa shape index (κ3) is 5.59. The number of halogens is 1. The van der Waals surface area contributed by atoms with Crippen molar-refractivity contribution < 1.29 is 14.3 Å². The Kier molecular flexibility index (Phi) is 6.79. The van der Waals surface area contributed by atoms with Crippen LogP contribution in [0.15, 0.2) is 48.5 Å². The zero-order valence-corrected chi connectivity index (χ0v) is 18.3. The molecule has 4 rings (SSSR count). The van der Waals surface area contributed by atoms with Gasteiger partial charge in [-0.2, -0.15) is 0 Å². The molecule has 160 valence electrons. The number of hydrogen-bond donors (Lipinski definition) is 1. The molecule has 0 atom stereocenters. The van der Waals surface area contributed by atoms with Gasteiger partial charge in [-0.3, -0.25) is 9.59 Å². The van der Waals surface area contributed by atoms with E-state index in [9.17, 15) is 9.59 Å². The van der Waals surface area contributed by atoms with E-state index >= 15 is 0 Å². The smallest absolute Gasteiger partial charge is 0.286 e. The number of rotatable bonds is 6. The van der Waals surface area contributed by atoms with Crippen LogP contribution in [0.5, 0.6) is 5.75 Å². The zero-order chi connectivity index (χ0) is 21.6. The van der Waals surface area contributed by atoms with Crippen LogP contribution in [0, 0.1) is 0 Å². The summed E-state index contributed by atoms with van der Waals surface area (Å²) in [5, 5.41) is 12.0. The normalized spacial score (nSPS) is 13.6. The van der Waals surface area contributed by atoms with Crippen molar-refractivity contribution >= 4 is 40.4 Å². The molecule has 1 aliphatic heterocycles. The van der Waals surface area contributed by atoms with Crippen LogP contribution in [-0.4, -0.2) is 40.0 Å². The largest absolute Gasteiger partial charge is 0.486 e. The third-order valence-electron chi connectivity index (χ3n) is 4.85. The van der Waals surface area contributed by atoms with Crippen molar-refractivity contribution in [2.45, 2.75) is 25.9 Å². The summed E-state index contributed by atoms with van der Waals surface area (Å²) in [6.07, 6.45) is 3.31. The number of carbonyl (C=O) groups excluding carboxylic acids is 2. The number of benzene rings is 2. The fourth-order valence-corrected chi connectivity index (χ4v) is 4.11. The van der Waals surface area contributed by atoms with Crippen molar-refractivity contribution in [3.63, 3.8) is 0 Å². The van der Waals surface area contributed by atoms with Gasteiger partial charge >= 0.3 is 0 Å². The van der Waals surface area contributed by atoms with Gasteiger partial charge in [0.25, 0.3) is 11.8 Å². The van der Waals surface area contributed by atoms with E-state index in [4.69, 9.17) is 16.3 Å². The highest BCUT2D eigenvalue weighted by molar-refractivity contribution is 7.13. The number of likely N-dealkylation sites (tertiary alicyclic amines) is 1. The molecule has 0 unspecified atom stereocenters. The zero-order valence-electron chi connectivity index (χ0n) is 16.7. The summed E-state index contributed by atoms with van der Waals surface area (Å²) in [6, 6.07) is 14.0. The lowest BCUT2D eigenvalue weighted by molar-refractivity contribution is 0.0724. The van der Waals surface area contributed by atoms with Crippen LogP contribution in [0.25, 0.3) is 0 Å². The Morgan fingerprint density at radius 1 is 1.06 bits per heavy atom. The van der Waals surface area contributed by atoms with Gasteiger partial charge in [0.1, 0.15) is 12.4 Å². The van der Waals surface area contributed by atoms with Gasteiger partial charge in [0.15, 0.2) is 5.01 Å². The Morgan fingerprint density at radius 2 is 1.84 bits per heavy atom. The van der Waals surface area contributed by atoms with Gasteiger partial charge in [-0.15, -0.1) is 10.2 Å². The molecule has 0 aliphatic carbocycles. The fourth-order valence-electron chi connectivity index (χ4n) is 3.27. The molecule has 0 radical (unpaired) electrons. The maximum Gasteiger partial charge on any atom is 0.286 e. The summed E-state index contributed by atoms with van der Waals surface area (Å²) in [5.41, 5.74) is 1.25. The van der Waals surface area contributed by atoms with E-state index in [-0.39, 0.29) is 23.4 Å². The summed E-state index contributed by atoms with van der Waals surface area (Å²) < 4.78 is 5.73. The summed E-state index contributed by atoms with van der Waals surface area (Å²) in [7, 11) is 0. The van der Waals surface area contributed by atoms with Gasteiger partial charge in [0.05, 0.1) is 0 Å². The fraction of sp³-hybridized carbons (Fsp3) is 0.273. The highest BCUT2D eigenvalue weighted by Crippen LogP contribution is 2.20. The van der Waals surface area contributed by atoms with Gasteiger partial charge < -0.3 is 15.0 Å².